The molecule has 6 heteroatoms. The minimum Gasteiger partial charge on any atom is -0.494 e. The van der Waals surface area contributed by atoms with Crippen molar-refractivity contribution in [3.8, 4) is 5.75 Å². The Bertz CT molecular complexity index is 364. The highest BCUT2D eigenvalue weighted by Crippen LogP contribution is 2.36. The maximum absolute atomic E-state index is 9.94. The zero-order chi connectivity index (χ0) is 13.0. The summed E-state index contributed by atoms with van der Waals surface area (Å²) in [7, 11) is 1.46. The van der Waals surface area contributed by atoms with Crippen molar-refractivity contribution in [2.24, 2.45) is 5.73 Å². The van der Waals surface area contributed by atoms with E-state index >= 15 is 0 Å². The van der Waals surface area contributed by atoms with E-state index in [-0.39, 0.29) is 6.61 Å². The van der Waals surface area contributed by atoms with Crippen LogP contribution in [0.25, 0.3) is 0 Å². The predicted octanol–water partition coefficient (Wildman–Crippen LogP) is 1.75. The molecule has 0 saturated heterocycles. The summed E-state index contributed by atoms with van der Waals surface area (Å²) in [5, 5.41) is 19.3. The molecule has 0 spiro atoms. The smallest absolute Gasteiger partial charge is 0.156 e. The number of halogens is 2. The number of aliphatic hydroxyl groups is 2. The second kappa shape index (κ2) is 6.42. The third kappa shape index (κ3) is 3.47. The van der Waals surface area contributed by atoms with Crippen LogP contribution in [0.5, 0.6) is 5.75 Å². The predicted molar refractivity (Wildman–Crippen MR) is 67.7 cm³/mol. The summed E-state index contributed by atoms with van der Waals surface area (Å²) in [6.45, 7) is -0.0875. The molecule has 2 unspecified atom stereocenters. The first-order valence-electron chi connectivity index (χ1n) is 5.08. The van der Waals surface area contributed by atoms with Crippen molar-refractivity contribution < 1.29 is 14.9 Å². The highest BCUT2D eigenvalue weighted by molar-refractivity contribution is 6.37. The van der Waals surface area contributed by atoms with Crippen molar-refractivity contribution in [1.29, 1.82) is 0 Å². The van der Waals surface area contributed by atoms with E-state index in [1.54, 1.807) is 12.1 Å². The normalized spacial score (nSPS) is 14.5. The van der Waals surface area contributed by atoms with Crippen LogP contribution in [0.3, 0.4) is 0 Å². The zero-order valence-corrected chi connectivity index (χ0v) is 10.9. The Morgan fingerprint density at radius 1 is 1.35 bits per heavy atom. The van der Waals surface area contributed by atoms with Crippen LogP contribution >= 0.6 is 23.2 Å². The van der Waals surface area contributed by atoms with Crippen LogP contribution in [0.15, 0.2) is 12.1 Å². The molecule has 0 aromatic heterocycles. The number of aliphatic hydroxyl groups excluding tert-OH is 2. The fourth-order valence-corrected chi connectivity index (χ4v) is 2.16. The third-order valence-electron chi connectivity index (χ3n) is 2.43. The first-order chi connectivity index (χ1) is 8.01. The van der Waals surface area contributed by atoms with E-state index in [1.807, 2.05) is 0 Å². The molecule has 2 atom stereocenters. The van der Waals surface area contributed by atoms with Gasteiger partial charge in [0.05, 0.1) is 23.3 Å². The molecule has 0 amide bonds. The molecule has 0 aliphatic heterocycles. The lowest BCUT2D eigenvalue weighted by Crippen LogP contribution is -2.29. The first kappa shape index (κ1) is 14.5. The molecule has 0 saturated carbocycles. The molecule has 0 heterocycles. The van der Waals surface area contributed by atoms with Gasteiger partial charge in [-0.05, 0) is 24.1 Å². The Morgan fingerprint density at radius 2 is 1.88 bits per heavy atom. The highest BCUT2D eigenvalue weighted by atomic mass is 35.5. The largest absolute Gasteiger partial charge is 0.494 e. The van der Waals surface area contributed by atoms with E-state index in [0.29, 0.717) is 27.8 Å². The molecular weight excluding hydrogens is 265 g/mol. The van der Waals surface area contributed by atoms with Crippen LogP contribution < -0.4 is 10.5 Å². The van der Waals surface area contributed by atoms with Gasteiger partial charge >= 0.3 is 0 Å². The summed E-state index contributed by atoms with van der Waals surface area (Å²) >= 11 is 11.9. The number of ether oxygens (including phenoxy) is 1. The summed E-state index contributed by atoms with van der Waals surface area (Å²) in [5.74, 6) is 0.361. The minimum atomic E-state index is -0.928. The Morgan fingerprint density at radius 3 is 2.29 bits per heavy atom. The van der Waals surface area contributed by atoms with Crippen molar-refractivity contribution in [3.05, 3.63) is 27.7 Å². The number of rotatable bonds is 5. The summed E-state index contributed by atoms with van der Waals surface area (Å²) in [4.78, 5) is 0. The maximum atomic E-state index is 9.94. The van der Waals surface area contributed by atoms with Gasteiger partial charge in [0.25, 0.3) is 0 Å². The molecule has 17 heavy (non-hydrogen) atoms. The average Bonchev–Trinajstić information content (AvgIpc) is 2.27. The number of nitrogens with two attached hydrogens (primary N) is 1. The highest BCUT2D eigenvalue weighted by Gasteiger charge is 2.19. The number of methoxy groups -OCH3 is 1. The number of hydrogen-bond donors (Lipinski definition) is 3. The summed E-state index contributed by atoms with van der Waals surface area (Å²) < 4.78 is 5.00. The SMILES string of the molecule is COc1c(Cl)cc(C(O)C(N)CCO)cc1Cl. The van der Waals surface area contributed by atoms with Crippen LogP contribution in [-0.4, -0.2) is 30.0 Å². The lowest BCUT2D eigenvalue weighted by atomic mass is 10.0. The zero-order valence-electron chi connectivity index (χ0n) is 9.36. The lowest BCUT2D eigenvalue weighted by molar-refractivity contribution is 0.129. The summed E-state index contributed by atoms with van der Waals surface area (Å²) in [6, 6.07) is 2.53. The fraction of sp³-hybridized carbons (Fsp3) is 0.455. The van der Waals surface area contributed by atoms with Gasteiger partial charge in [-0.25, -0.2) is 0 Å². The van der Waals surface area contributed by atoms with Crippen molar-refractivity contribution in [2.75, 3.05) is 13.7 Å². The molecule has 0 bridgehead atoms. The molecule has 0 aliphatic carbocycles. The van der Waals surface area contributed by atoms with Gasteiger partial charge in [0.2, 0.25) is 0 Å². The van der Waals surface area contributed by atoms with Crippen LogP contribution in [-0.2, 0) is 0 Å². The van der Waals surface area contributed by atoms with E-state index in [1.165, 1.54) is 7.11 Å². The second-order valence-electron chi connectivity index (χ2n) is 3.64. The van der Waals surface area contributed by atoms with Gasteiger partial charge < -0.3 is 20.7 Å². The lowest BCUT2D eigenvalue weighted by Gasteiger charge is -2.19. The molecule has 0 aliphatic rings. The minimum absolute atomic E-state index is 0.0875. The Hall–Kier alpha value is -0.520. The number of hydrogen-bond acceptors (Lipinski definition) is 4. The van der Waals surface area contributed by atoms with Gasteiger partial charge in [0.1, 0.15) is 0 Å². The Balaban J connectivity index is 2.99. The van der Waals surface area contributed by atoms with E-state index in [2.05, 4.69) is 0 Å². The van der Waals surface area contributed by atoms with Crippen molar-refractivity contribution in [2.45, 2.75) is 18.6 Å². The quantitative estimate of drug-likeness (QED) is 0.768. The van der Waals surface area contributed by atoms with Crippen molar-refractivity contribution in [3.63, 3.8) is 0 Å². The molecule has 0 fully saturated rings. The topological polar surface area (TPSA) is 75.7 Å². The Kier molecular flexibility index (Phi) is 5.49. The Labute approximate surface area is 110 Å². The average molecular weight is 280 g/mol. The fourth-order valence-electron chi connectivity index (χ4n) is 1.50. The molecule has 4 nitrogen and oxygen atoms in total. The molecule has 1 rings (SSSR count). The second-order valence-corrected chi connectivity index (χ2v) is 4.45. The van der Waals surface area contributed by atoms with Crippen LogP contribution in [0, 0.1) is 0 Å². The van der Waals surface area contributed by atoms with E-state index in [0.717, 1.165) is 0 Å². The van der Waals surface area contributed by atoms with Crippen molar-refractivity contribution in [1.82, 2.24) is 0 Å². The van der Waals surface area contributed by atoms with Gasteiger partial charge in [0, 0.05) is 12.6 Å². The molecule has 1 aromatic rings. The van der Waals surface area contributed by atoms with Crippen LogP contribution in [0.2, 0.25) is 10.0 Å². The molecule has 1 aromatic carbocycles. The molecular formula is C11H15Cl2NO3. The van der Waals surface area contributed by atoms with Crippen LogP contribution in [0.4, 0.5) is 0 Å². The maximum Gasteiger partial charge on any atom is 0.156 e. The summed E-state index contributed by atoms with van der Waals surface area (Å²) in [6.07, 6.45) is -0.634. The van der Waals surface area contributed by atoms with Gasteiger partial charge in [0.15, 0.2) is 5.75 Å². The first-order valence-corrected chi connectivity index (χ1v) is 5.84. The van der Waals surface area contributed by atoms with E-state index in [4.69, 9.17) is 38.8 Å². The monoisotopic (exact) mass is 279 g/mol. The van der Waals surface area contributed by atoms with Crippen LogP contribution in [0.1, 0.15) is 18.1 Å². The van der Waals surface area contributed by atoms with Crippen molar-refractivity contribution >= 4 is 23.2 Å². The molecule has 0 radical (unpaired) electrons. The van der Waals surface area contributed by atoms with E-state index < -0.39 is 12.1 Å². The molecule has 96 valence electrons. The molecule has 4 N–H and O–H groups in total. The third-order valence-corrected chi connectivity index (χ3v) is 3.00. The number of benzene rings is 1. The van der Waals surface area contributed by atoms with Gasteiger partial charge in [-0.15, -0.1) is 0 Å². The van der Waals surface area contributed by atoms with Gasteiger partial charge in [-0.1, -0.05) is 23.2 Å². The standard InChI is InChI=1S/C11H15Cl2NO3/c1-17-11-7(12)4-6(5-8(11)13)10(16)9(14)2-3-15/h4-5,9-10,15-16H,2-3,14H2,1H3. The van der Waals surface area contributed by atoms with E-state index in [9.17, 15) is 5.11 Å². The van der Waals surface area contributed by atoms with Gasteiger partial charge in [-0.3, -0.25) is 0 Å². The van der Waals surface area contributed by atoms with Gasteiger partial charge in [-0.2, -0.15) is 0 Å². The summed E-state index contributed by atoms with van der Waals surface area (Å²) in [5.41, 5.74) is 6.20.